The average molecular weight is 1120 g/mol. The zero-order valence-electron chi connectivity index (χ0n) is 46.9. The van der Waals surface area contributed by atoms with E-state index in [0.717, 1.165) is 19.3 Å². The van der Waals surface area contributed by atoms with E-state index in [1.54, 1.807) is 20.8 Å². The Hall–Kier alpha value is -1.14. The molecule has 5 aliphatic carbocycles. The highest BCUT2D eigenvalue weighted by Crippen LogP contribution is 2.75. The van der Waals surface area contributed by atoms with Crippen molar-refractivity contribution in [3.8, 4) is 0 Å². The molecule has 0 aromatic heterocycles. The molecule has 3 aliphatic heterocycles. The van der Waals surface area contributed by atoms with Gasteiger partial charge in [0.1, 0.15) is 73.2 Å². The van der Waals surface area contributed by atoms with Gasteiger partial charge >= 0.3 is 0 Å². The lowest BCUT2D eigenvalue weighted by molar-refractivity contribution is -0.379. The lowest BCUT2D eigenvalue weighted by Gasteiger charge is -2.67. The van der Waals surface area contributed by atoms with E-state index >= 15 is 0 Å². The van der Waals surface area contributed by atoms with E-state index in [2.05, 4.69) is 47.6 Å². The van der Waals surface area contributed by atoms with E-state index in [0.29, 0.717) is 25.7 Å². The Morgan fingerprint density at radius 2 is 1.21 bits per heavy atom. The van der Waals surface area contributed by atoms with Gasteiger partial charge in [-0.2, -0.15) is 0 Å². The number of ether oxygens (including phenoxy) is 7. The summed E-state index contributed by atoms with van der Waals surface area (Å²) in [4.78, 5) is 0. The highest BCUT2D eigenvalue weighted by Gasteiger charge is 2.70. The van der Waals surface area contributed by atoms with Crippen LogP contribution in [0.15, 0.2) is 11.6 Å². The van der Waals surface area contributed by atoms with Gasteiger partial charge in [-0.05, 0) is 106 Å². The summed E-state index contributed by atoms with van der Waals surface area (Å²) in [5.74, 6) is -1.05. The number of rotatable bonds is 17. The van der Waals surface area contributed by atoms with Gasteiger partial charge in [0.15, 0.2) is 18.9 Å². The van der Waals surface area contributed by atoms with E-state index in [1.165, 1.54) is 5.57 Å². The van der Waals surface area contributed by atoms with Crippen molar-refractivity contribution in [1.29, 1.82) is 0 Å². The molecule has 0 radical (unpaired) electrons. The predicted molar refractivity (Wildman–Crippen MR) is 274 cm³/mol. The molecule has 22 heteroatoms. The molecule has 3 saturated heterocycles. The van der Waals surface area contributed by atoms with Crippen LogP contribution in [0.3, 0.4) is 0 Å². The summed E-state index contributed by atoms with van der Waals surface area (Å²) in [5.41, 5.74) is -1.86. The second kappa shape index (κ2) is 23.7. The second-order valence-electron chi connectivity index (χ2n) is 26.7. The minimum absolute atomic E-state index is 0.0298. The quantitative estimate of drug-likeness (QED) is 0.0753. The van der Waals surface area contributed by atoms with Gasteiger partial charge in [-0.25, -0.2) is 0 Å². The van der Waals surface area contributed by atoms with Crippen molar-refractivity contribution in [3.05, 3.63) is 11.6 Å². The molecule has 3 heterocycles. The molecule has 3 unspecified atom stereocenters. The average Bonchev–Trinajstić information content (AvgIpc) is 3.74. The summed E-state index contributed by atoms with van der Waals surface area (Å²) in [6.07, 6.45) is -21.0. The van der Waals surface area contributed by atoms with Crippen molar-refractivity contribution in [2.24, 2.45) is 57.2 Å². The van der Waals surface area contributed by atoms with Crippen LogP contribution in [0, 0.1) is 57.2 Å². The summed E-state index contributed by atoms with van der Waals surface area (Å²) in [7, 11) is 0. The molecule has 8 rings (SSSR count). The Labute approximate surface area is 458 Å². The molecule has 0 aromatic rings. The molecule has 22 nitrogen and oxygen atoms in total. The molecule has 452 valence electrons. The van der Waals surface area contributed by atoms with Crippen molar-refractivity contribution >= 4 is 0 Å². The third-order valence-corrected chi connectivity index (χ3v) is 21.7. The molecular weight excluding hydrogens is 1020 g/mol. The largest absolute Gasteiger partial charge is 0.396 e. The first-order valence-electron chi connectivity index (χ1n) is 28.7. The van der Waals surface area contributed by atoms with Gasteiger partial charge < -0.3 is 110 Å². The van der Waals surface area contributed by atoms with Gasteiger partial charge in [0.2, 0.25) is 0 Å². The normalized spacial score (nSPS) is 51.4. The van der Waals surface area contributed by atoms with Crippen LogP contribution in [0.25, 0.3) is 0 Å². The third-order valence-electron chi connectivity index (χ3n) is 21.7. The Balaban J connectivity index is 0.951. The maximum absolute atomic E-state index is 12.7. The molecule has 0 bridgehead atoms. The molecule has 30 atom stereocenters. The van der Waals surface area contributed by atoms with Gasteiger partial charge in [0, 0.05) is 29.3 Å². The molecule has 8 aliphatic rings. The van der Waals surface area contributed by atoms with E-state index in [1.807, 2.05) is 0 Å². The van der Waals surface area contributed by atoms with Crippen LogP contribution < -0.4 is 0 Å². The van der Waals surface area contributed by atoms with Crippen LogP contribution in [0.1, 0.15) is 120 Å². The van der Waals surface area contributed by atoms with Gasteiger partial charge in [0.05, 0.1) is 62.0 Å². The molecule has 0 amide bonds. The topological polar surface area (TPSA) is 368 Å². The molecule has 0 spiro atoms. The van der Waals surface area contributed by atoms with Gasteiger partial charge in [-0.1, -0.05) is 60.1 Å². The molecule has 7 fully saturated rings. The third kappa shape index (κ3) is 10.9. The monoisotopic (exact) mass is 1120 g/mol. The summed E-state index contributed by atoms with van der Waals surface area (Å²) in [6, 6.07) is 0. The van der Waals surface area contributed by atoms with Crippen LogP contribution in [-0.4, -0.2) is 237 Å². The fourth-order valence-corrected chi connectivity index (χ4v) is 16.4. The Morgan fingerprint density at radius 1 is 0.628 bits per heavy atom. The summed E-state index contributed by atoms with van der Waals surface area (Å²) < 4.78 is 43.0. The zero-order valence-corrected chi connectivity index (χ0v) is 46.9. The Kier molecular flexibility index (Phi) is 19.1. The highest BCUT2D eigenvalue weighted by molar-refractivity contribution is 5.32. The van der Waals surface area contributed by atoms with E-state index in [9.17, 15) is 76.6 Å². The first-order valence-corrected chi connectivity index (χ1v) is 28.7. The van der Waals surface area contributed by atoms with Gasteiger partial charge in [-0.15, -0.1) is 0 Å². The van der Waals surface area contributed by atoms with Gasteiger partial charge in [-0.3, -0.25) is 0 Å². The molecule has 0 aromatic carbocycles. The first kappa shape index (κ1) is 62.9. The Bertz CT molecular complexity index is 2020. The summed E-state index contributed by atoms with van der Waals surface area (Å²) in [6.45, 7) is 15.6. The van der Waals surface area contributed by atoms with Crippen LogP contribution >= 0.6 is 0 Å². The summed E-state index contributed by atoms with van der Waals surface area (Å²) >= 11 is 0. The number of hydrogen-bond donors (Lipinski definition) is 15. The summed E-state index contributed by atoms with van der Waals surface area (Å²) in [5, 5.41) is 163. The molecule has 4 saturated carbocycles. The minimum Gasteiger partial charge on any atom is -0.396 e. The van der Waals surface area contributed by atoms with Crippen molar-refractivity contribution in [2.45, 2.75) is 254 Å². The SMILES string of the molecule is C[C@H]1[C@H](O)[C@@H](O)[C@H](CO)C[C@@H]1O[C@@H]1[C@@H](O)[C@H](O)[C@@H](O[C@H]2[C@H](O[C@H](CC[C@@H](C)C3CC[C@@]4(C)C5CC=C6C(CC[C@H](O[C@@H]7O[C@H](CO)[C@@H](O)[C@H](O)[C@H]7O)C6(C)C)[C@]5(C)[C@H](O)C[C@]34C)C(C)(C)O)O[C@H](CO)[C@@H](O)[C@@H]2O)O[C@H]1CO. The molecule has 78 heavy (non-hydrogen) atoms. The molecular formula is C56H96O22. The maximum atomic E-state index is 12.7. The van der Waals surface area contributed by atoms with Gasteiger partial charge in [0.25, 0.3) is 0 Å². The maximum Gasteiger partial charge on any atom is 0.187 e. The fourth-order valence-electron chi connectivity index (χ4n) is 16.4. The fraction of sp³-hybridized carbons (Fsp3) is 0.964. The lowest BCUT2D eigenvalue weighted by Crippen LogP contribution is -2.66. The van der Waals surface area contributed by atoms with Crippen molar-refractivity contribution in [3.63, 3.8) is 0 Å². The first-order chi connectivity index (χ1) is 36.5. The van der Waals surface area contributed by atoms with E-state index in [-0.39, 0.29) is 47.3 Å². The number of aliphatic hydroxyl groups excluding tert-OH is 14. The standard InChI is InChI=1S/C56H96O22/c1-24(27-16-17-54(7)34-13-11-28-29(56(34,9)35(61)19-55(27,54)8)12-15-36(52(28,3)4)76-49-45(69)42(66)40(64)31(21-58)73-49)10-14-37(53(5,6)71)77-51-48(43(67)41(65)32(22-59)74-51)78-50-46(70)44(68)47(33(23-60)75-50)72-30-18-26(20-57)39(63)38(62)25(30)2/h11,24-27,29-51,57-71H,10,12-23H2,1-9H3/t24-,25-,26+,27?,29?,30+,31-,32-,33+,34?,35-,36+,37-,38+,39+,40-,41-,42+,43+,44+,45-,46+,47+,48-,49+,50-,51+,54+,55-,56+/m1/s1. The minimum atomic E-state index is -1.89. The van der Waals surface area contributed by atoms with Crippen molar-refractivity contribution in [2.75, 3.05) is 26.4 Å². The number of allylic oxidation sites excluding steroid dienone is 1. The highest BCUT2D eigenvalue weighted by atomic mass is 16.8. The number of fused-ring (bicyclic) bond motifs is 5. The zero-order chi connectivity index (χ0) is 57.5. The second-order valence-corrected chi connectivity index (χ2v) is 26.7. The smallest absolute Gasteiger partial charge is 0.187 e. The van der Waals surface area contributed by atoms with Crippen molar-refractivity contribution in [1.82, 2.24) is 0 Å². The predicted octanol–water partition coefficient (Wildman–Crippen LogP) is -1.29. The van der Waals surface area contributed by atoms with E-state index < -0.39 is 183 Å². The van der Waals surface area contributed by atoms with Crippen LogP contribution in [-0.2, 0) is 33.2 Å². The van der Waals surface area contributed by atoms with E-state index in [4.69, 9.17) is 33.2 Å². The Morgan fingerprint density at radius 3 is 1.82 bits per heavy atom. The van der Waals surface area contributed by atoms with Crippen LogP contribution in [0.4, 0.5) is 0 Å². The van der Waals surface area contributed by atoms with Crippen molar-refractivity contribution < 1.29 is 110 Å². The van der Waals surface area contributed by atoms with Crippen LogP contribution in [0.2, 0.25) is 0 Å². The molecule has 15 N–H and O–H groups in total. The van der Waals surface area contributed by atoms with Crippen LogP contribution in [0.5, 0.6) is 0 Å². The number of hydrogen-bond acceptors (Lipinski definition) is 22. The number of aliphatic hydroxyl groups is 15. The lowest BCUT2D eigenvalue weighted by atomic mass is 9.38.